The van der Waals surface area contributed by atoms with E-state index in [0.717, 1.165) is 37.1 Å². The number of pyridine rings is 2. The summed E-state index contributed by atoms with van der Waals surface area (Å²) in [5.41, 5.74) is 13.5. The van der Waals surface area contributed by atoms with Crippen molar-refractivity contribution in [3.8, 4) is 0 Å². The van der Waals surface area contributed by atoms with Crippen molar-refractivity contribution >= 4 is 23.1 Å². The van der Waals surface area contributed by atoms with Crippen LogP contribution in [0.5, 0.6) is 0 Å². The van der Waals surface area contributed by atoms with Gasteiger partial charge in [0.15, 0.2) is 5.69 Å². The summed E-state index contributed by atoms with van der Waals surface area (Å²) in [6, 6.07) is 5.61. The molecule has 0 spiro atoms. The van der Waals surface area contributed by atoms with Crippen LogP contribution in [0.4, 0.5) is 17.2 Å². The molecular weight excluding hydrogens is 368 g/mol. The Bertz CT molecular complexity index is 893. The Kier molecular flexibility index (Phi) is 6.04. The SMILES string of the molecule is Cc1cc(C(C)(C)O)cc(Nc2cc(N[C@@H]3CCCC[C@@H]3N)cnc2C(N)=O)n1. The molecule has 0 aromatic carbocycles. The summed E-state index contributed by atoms with van der Waals surface area (Å²) < 4.78 is 0. The highest BCUT2D eigenvalue weighted by Gasteiger charge is 2.23. The minimum absolute atomic E-state index is 0.0868. The summed E-state index contributed by atoms with van der Waals surface area (Å²) in [4.78, 5) is 20.6. The van der Waals surface area contributed by atoms with Gasteiger partial charge >= 0.3 is 0 Å². The molecule has 2 heterocycles. The maximum Gasteiger partial charge on any atom is 0.269 e. The molecule has 2 atom stereocenters. The number of hydrogen-bond acceptors (Lipinski definition) is 7. The standard InChI is InChI=1S/C21H30N6O2/c1-12-8-13(21(2,3)29)9-18(25-12)27-17-10-14(11-24-19(17)20(23)28)26-16-7-5-4-6-15(16)22/h8-11,15-16,26,29H,4-7,22H2,1-3H3,(H2,23,28)(H,25,27)/t15-,16+/m0/s1. The first-order valence-corrected chi connectivity index (χ1v) is 9.94. The van der Waals surface area contributed by atoms with E-state index in [0.29, 0.717) is 17.1 Å². The monoisotopic (exact) mass is 398 g/mol. The summed E-state index contributed by atoms with van der Waals surface area (Å²) in [5.74, 6) is -0.137. The molecule has 1 amide bonds. The van der Waals surface area contributed by atoms with Crippen LogP contribution in [0.1, 0.15) is 61.3 Å². The molecule has 0 unspecified atom stereocenters. The molecule has 8 heteroatoms. The highest BCUT2D eigenvalue weighted by Crippen LogP contribution is 2.28. The Morgan fingerprint density at radius 3 is 2.62 bits per heavy atom. The van der Waals surface area contributed by atoms with E-state index in [2.05, 4.69) is 20.6 Å². The summed E-state index contributed by atoms with van der Waals surface area (Å²) >= 11 is 0. The highest BCUT2D eigenvalue weighted by atomic mass is 16.3. The molecule has 0 radical (unpaired) electrons. The second-order valence-electron chi connectivity index (χ2n) is 8.25. The molecule has 0 aliphatic heterocycles. The second-order valence-corrected chi connectivity index (χ2v) is 8.25. The lowest BCUT2D eigenvalue weighted by Crippen LogP contribution is -2.42. The van der Waals surface area contributed by atoms with E-state index >= 15 is 0 Å². The number of carbonyl (C=O) groups excluding carboxylic acids is 1. The Morgan fingerprint density at radius 1 is 1.24 bits per heavy atom. The molecule has 2 aromatic rings. The second kappa shape index (κ2) is 8.34. The molecule has 0 saturated heterocycles. The first-order chi connectivity index (χ1) is 13.6. The number of aliphatic hydroxyl groups is 1. The fourth-order valence-corrected chi connectivity index (χ4v) is 3.61. The van der Waals surface area contributed by atoms with Crippen LogP contribution in [0.25, 0.3) is 0 Å². The third-order valence-corrected chi connectivity index (χ3v) is 5.22. The Balaban J connectivity index is 1.91. The number of nitrogens with one attached hydrogen (secondary N) is 2. The minimum atomic E-state index is -1.02. The van der Waals surface area contributed by atoms with Crippen molar-refractivity contribution in [2.24, 2.45) is 11.5 Å². The summed E-state index contributed by atoms with van der Waals surface area (Å²) in [6.07, 6.45) is 5.86. The maximum absolute atomic E-state index is 11.9. The predicted octanol–water partition coefficient (Wildman–Crippen LogP) is 2.54. The molecule has 0 bridgehead atoms. The zero-order valence-corrected chi connectivity index (χ0v) is 17.2. The van der Waals surface area contributed by atoms with E-state index in [-0.39, 0.29) is 17.8 Å². The number of nitrogens with two attached hydrogens (primary N) is 2. The van der Waals surface area contributed by atoms with Crippen LogP contribution in [-0.2, 0) is 5.60 Å². The third-order valence-electron chi connectivity index (χ3n) is 5.22. The molecule has 8 nitrogen and oxygen atoms in total. The van der Waals surface area contributed by atoms with Crippen LogP contribution >= 0.6 is 0 Å². The highest BCUT2D eigenvalue weighted by molar-refractivity contribution is 5.97. The van der Waals surface area contributed by atoms with Gasteiger partial charge in [0.1, 0.15) is 5.82 Å². The quantitative estimate of drug-likeness (QED) is 0.504. The minimum Gasteiger partial charge on any atom is -0.386 e. The van der Waals surface area contributed by atoms with Crippen molar-refractivity contribution in [1.29, 1.82) is 0 Å². The van der Waals surface area contributed by atoms with Crippen molar-refractivity contribution in [3.63, 3.8) is 0 Å². The van der Waals surface area contributed by atoms with E-state index in [1.165, 1.54) is 0 Å². The largest absolute Gasteiger partial charge is 0.386 e. The van der Waals surface area contributed by atoms with Gasteiger partial charge in [0.25, 0.3) is 5.91 Å². The van der Waals surface area contributed by atoms with Crippen molar-refractivity contribution in [2.45, 2.75) is 64.1 Å². The molecule has 156 valence electrons. The number of aromatic nitrogens is 2. The number of rotatable bonds is 6. The van der Waals surface area contributed by atoms with Crippen LogP contribution < -0.4 is 22.1 Å². The van der Waals surface area contributed by atoms with E-state index in [9.17, 15) is 9.90 Å². The third kappa shape index (κ3) is 5.21. The van der Waals surface area contributed by atoms with Gasteiger partial charge in [0, 0.05) is 17.8 Å². The van der Waals surface area contributed by atoms with Crippen molar-refractivity contribution in [1.82, 2.24) is 9.97 Å². The first kappa shape index (κ1) is 21.0. The van der Waals surface area contributed by atoms with Gasteiger partial charge in [-0.1, -0.05) is 12.8 Å². The molecule has 2 aromatic heterocycles. The van der Waals surface area contributed by atoms with E-state index in [4.69, 9.17) is 11.5 Å². The molecule has 7 N–H and O–H groups in total. The number of primary amides is 1. The predicted molar refractivity (Wildman–Crippen MR) is 114 cm³/mol. The Hall–Kier alpha value is -2.71. The van der Waals surface area contributed by atoms with Crippen LogP contribution in [0.15, 0.2) is 24.4 Å². The normalized spacial score (nSPS) is 19.6. The smallest absolute Gasteiger partial charge is 0.269 e. The van der Waals surface area contributed by atoms with Crippen LogP contribution in [0.3, 0.4) is 0 Å². The van der Waals surface area contributed by atoms with Gasteiger partial charge in [-0.3, -0.25) is 4.79 Å². The number of carbonyl (C=O) groups is 1. The summed E-state index contributed by atoms with van der Waals surface area (Å²) in [7, 11) is 0. The summed E-state index contributed by atoms with van der Waals surface area (Å²) in [5, 5.41) is 16.9. The molecular formula is C21H30N6O2. The number of amides is 1. The van der Waals surface area contributed by atoms with Gasteiger partial charge in [-0.2, -0.15) is 0 Å². The Morgan fingerprint density at radius 2 is 1.97 bits per heavy atom. The zero-order valence-electron chi connectivity index (χ0n) is 17.2. The van der Waals surface area contributed by atoms with Gasteiger partial charge in [-0.05, 0) is 57.4 Å². The first-order valence-electron chi connectivity index (χ1n) is 9.94. The molecule has 1 aliphatic rings. The van der Waals surface area contributed by atoms with Gasteiger partial charge in [0.05, 0.1) is 23.2 Å². The van der Waals surface area contributed by atoms with Gasteiger partial charge in [-0.15, -0.1) is 0 Å². The number of aryl methyl sites for hydroxylation is 1. The van der Waals surface area contributed by atoms with Crippen LogP contribution in [-0.4, -0.2) is 33.1 Å². The van der Waals surface area contributed by atoms with Crippen molar-refractivity contribution in [3.05, 3.63) is 41.3 Å². The molecule has 1 saturated carbocycles. The van der Waals surface area contributed by atoms with E-state index in [1.54, 1.807) is 32.2 Å². The maximum atomic E-state index is 11.9. The van der Waals surface area contributed by atoms with E-state index in [1.807, 2.05) is 13.0 Å². The number of hydrogen-bond donors (Lipinski definition) is 5. The lowest BCUT2D eigenvalue weighted by molar-refractivity contribution is 0.0785. The van der Waals surface area contributed by atoms with Gasteiger partial charge in [0.2, 0.25) is 0 Å². The number of nitrogens with zero attached hydrogens (tertiary/aromatic N) is 2. The van der Waals surface area contributed by atoms with Gasteiger partial charge < -0.3 is 27.2 Å². The summed E-state index contributed by atoms with van der Waals surface area (Å²) in [6.45, 7) is 5.26. The Labute approximate surface area is 171 Å². The van der Waals surface area contributed by atoms with Gasteiger partial charge in [-0.25, -0.2) is 9.97 Å². The zero-order chi connectivity index (χ0) is 21.2. The van der Waals surface area contributed by atoms with Crippen molar-refractivity contribution < 1.29 is 9.90 Å². The molecule has 1 aliphatic carbocycles. The molecule has 1 fully saturated rings. The average molecular weight is 399 g/mol. The average Bonchev–Trinajstić information content (AvgIpc) is 2.62. The van der Waals surface area contributed by atoms with Crippen molar-refractivity contribution in [2.75, 3.05) is 10.6 Å². The number of anilines is 3. The molecule has 29 heavy (non-hydrogen) atoms. The lowest BCUT2D eigenvalue weighted by atomic mass is 9.91. The lowest BCUT2D eigenvalue weighted by Gasteiger charge is -2.30. The topological polar surface area (TPSA) is 139 Å². The molecule has 3 rings (SSSR count). The fraction of sp³-hybridized carbons (Fsp3) is 0.476. The van der Waals surface area contributed by atoms with Crippen LogP contribution in [0, 0.1) is 6.92 Å². The fourth-order valence-electron chi connectivity index (χ4n) is 3.61. The van der Waals surface area contributed by atoms with Crippen LogP contribution in [0.2, 0.25) is 0 Å². The van der Waals surface area contributed by atoms with E-state index < -0.39 is 11.5 Å².